The lowest BCUT2D eigenvalue weighted by Gasteiger charge is -2.08. The van der Waals surface area contributed by atoms with Crippen LogP contribution in [0.25, 0.3) is 11.3 Å². The minimum absolute atomic E-state index is 0.754. The van der Waals surface area contributed by atoms with Crippen molar-refractivity contribution in [1.29, 1.82) is 0 Å². The third-order valence-electron chi connectivity index (χ3n) is 3.46. The van der Waals surface area contributed by atoms with Crippen LogP contribution in [0, 0.1) is 6.92 Å². The van der Waals surface area contributed by atoms with Crippen molar-refractivity contribution in [1.82, 2.24) is 14.9 Å². The number of nitrogens with zero attached hydrogens (tertiary/aromatic N) is 2. The summed E-state index contributed by atoms with van der Waals surface area (Å²) in [6, 6.07) is 7.41. The zero-order valence-corrected chi connectivity index (χ0v) is 11.0. The van der Waals surface area contributed by atoms with Gasteiger partial charge in [-0.2, -0.15) is 0 Å². The van der Waals surface area contributed by atoms with E-state index in [2.05, 4.69) is 41.6 Å². The van der Waals surface area contributed by atoms with Gasteiger partial charge in [0.1, 0.15) is 0 Å². The van der Waals surface area contributed by atoms with E-state index in [-0.39, 0.29) is 0 Å². The Hall–Kier alpha value is -1.61. The van der Waals surface area contributed by atoms with Crippen LogP contribution in [0.3, 0.4) is 0 Å². The monoisotopic (exact) mass is 241 g/mol. The highest BCUT2D eigenvalue weighted by Crippen LogP contribution is 2.24. The second kappa shape index (κ2) is 4.58. The molecule has 0 spiro atoms. The van der Waals surface area contributed by atoms with Crippen molar-refractivity contribution in [2.45, 2.75) is 32.4 Å². The van der Waals surface area contributed by atoms with E-state index in [1.807, 2.05) is 17.9 Å². The van der Waals surface area contributed by atoms with Crippen LogP contribution in [0.15, 0.2) is 30.7 Å². The average Bonchev–Trinajstić information content (AvgIpc) is 3.10. The maximum absolute atomic E-state index is 4.44. The third kappa shape index (κ3) is 2.46. The van der Waals surface area contributed by atoms with E-state index in [1.54, 1.807) is 0 Å². The number of aryl methyl sites for hydroxylation is 2. The quantitative estimate of drug-likeness (QED) is 0.892. The molecular formula is C15H19N3. The molecule has 1 saturated carbocycles. The van der Waals surface area contributed by atoms with Gasteiger partial charge in [-0.1, -0.05) is 12.1 Å². The van der Waals surface area contributed by atoms with Crippen LogP contribution in [0.2, 0.25) is 0 Å². The van der Waals surface area contributed by atoms with Crippen molar-refractivity contribution in [3.05, 3.63) is 41.9 Å². The van der Waals surface area contributed by atoms with Gasteiger partial charge in [0, 0.05) is 31.4 Å². The third-order valence-corrected chi connectivity index (χ3v) is 3.46. The molecule has 1 aromatic heterocycles. The normalized spacial score (nSPS) is 15.0. The van der Waals surface area contributed by atoms with Crippen molar-refractivity contribution in [3.63, 3.8) is 0 Å². The lowest BCUT2D eigenvalue weighted by atomic mass is 10.0. The first-order valence-corrected chi connectivity index (χ1v) is 6.53. The number of hydrogen-bond acceptors (Lipinski definition) is 2. The lowest BCUT2D eigenvalue weighted by Crippen LogP contribution is -2.15. The van der Waals surface area contributed by atoms with Gasteiger partial charge in [0.25, 0.3) is 0 Å². The molecule has 0 bridgehead atoms. The van der Waals surface area contributed by atoms with Crippen molar-refractivity contribution < 1.29 is 0 Å². The number of imidazole rings is 1. The van der Waals surface area contributed by atoms with E-state index in [1.165, 1.54) is 29.5 Å². The van der Waals surface area contributed by atoms with Gasteiger partial charge in [-0.25, -0.2) is 4.98 Å². The standard InChI is InChI=1S/C15H19N3/c1-11-3-4-12(8-16-13-5-6-13)7-14(11)15-9-18(2)10-17-15/h3-4,7,9-10,13,16H,5-6,8H2,1-2H3. The van der Waals surface area contributed by atoms with E-state index in [0.29, 0.717) is 0 Å². The fourth-order valence-corrected chi connectivity index (χ4v) is 2.16. The summed E-state index contributed by atoms with van der Waals surface area (Å²) < 4.78 is 1.99. The number of rotatable bonds is 4. The summed E-state index contributed by atoms with van der Waals surface area (Å²) in [6.07, 6.45) is 6.59. The van der Waals surface area contributed by atoms with E-state index in [9.17, 15) is 0 Å². The van der Waals surface area contributed by atoms with Crippen LogP contribution in [0.1, 0.15) is 24.0 Å². The van der Waals surface area contributed by atoms with E-state index >= 15 is 0 Å². The van der Waals surface area contributed by atoms with Crippen LogP contribution in [-0.4, -0.2) is 15.6 Å². The summed E-state index contributed by atoms with van der Waals surface area (Å²) in [5.41, 5.74) is 4.92. The summed E-state index contributed by atoms with van der Waals surface area (Å²) >= 11 is 0. The smallest absolute Gasteiger partial charge is 0.0951 e. The van der Waals surface area contributed by atoms with Crippen molar-refractivity contribution in [2.24, 2.45) is 7.05 Å². The Morgan fingerprint density at radius 2 is 2.22 bits per heavy atom. The Kier molecular flexibility index (Phi) is 2.92. The largest absolute Gasteiger partial charge is 0.340 e. The first-order valence-electron chi connectivity index (χ1n) is 6.53. The molecule has 3 heteroatoms. The second-order valence-electron chi connectivity index (χ2n) is 5.23. The van der Waals surface area contributed by atoms with Gasteiger partial charge in [-0.05, 0) is 37.0 Å². The molecule has 1 aliphatic carbocycles. The van der Waals surface area contributed by atoms with Crippen LogP contribution >= 0.6 is 0 Å². The summed E-state index contributed by atoms with van der Waals surface area (Å²) in [6.45, 7) is 3.10. The molecule has 18 heavy (non-hydrogen) atoms. The number of benzene rings is 1. The zero-order chi connectivity index (χ0) is 12.5. The minimum atomic E-state index is 0.754. The topological polar surface area (TPSA) is 29.9 Å². The Bertz CT molecular complexity index is 553. The first kappa shape index (κ1) is 11.5. The predicted molar refractivity (Wildman–Crippen MR) is 73.2 cm³/mol. The van der Waals surface area contributed by atoms with Gasteiger partial charge < -0.3 is 9.88 Å². The molecule has 3 nitrogen and oxygen atoms in total. The molecular weight excluding hydrogens is 222 g/mol. The lowest BCUT2D eigenvalue weighted by molar-refractivity contribution is 0.688. The van der Waals surface area contributed by atoms with Gasteiger partial charge in [0.05, 0.1) is 12.0 Å². The average molecular weight is 241 g/mol. The molecule has 1 aromatic carbocycles. The summed E-state index contributed by atoms with van der Waals surface area (Å²) in [5, 5.41) is 3.55. The van der Waals surface area contributed by atoms with Gasteiger partial charge in [0.15, 0.2) is 0 Å². The van der Waals surface area contributed by atoms with E-state index in [0.717, 1.165) is 18.3 Å². The number of aromatic nitrogens is 2. The SMILES string of the molecule is Cc1ccc(CNC2CC2)cc1-c1cn(C)cn1. The van der Waals surface area contributed by atoms with Crippen LogP contribution in [-0.2, 0) is 13.6 Å². The molecule has 0 unspecified atom stereocenters. The first-order chi connectivity index (χ1) is 8.72. The number of hydrogen-bond donors (Lipinski definition) is 1. The van der Waals surface area contributed by atoms with E-state index in [4.69, 9.17) is 0 Å². The Labute approximate surface area is 108 Å². The molecule has 0 amide bonds. The molecule has 3 rings (SSSR count). The fraction of sp³-hybridized carbons (Fsp3) is 0.400. The molecule has 0 saturated heterocycles. The van der Waals surface area contributed by atoms with Gasteiger partial charge in [-0.15, -0.1) is 0 Å². The second-order valence-corrected chi connectivity index (χ2v) is 5.23. The van der Waals surface area contributed by atoms with Gasteiger partial charge >= 0.3 is 0 Å². The molecule has 94 valence electrons. The molecule has 0 atom stereocenters. The van der Waals surface area contributed by atoms with Crippen molar-refractivity contribution >= 4 is 0 Å². The Morgan fingerprint density at radius 3 is 2.89 bits per heavy atom. The minimum Gasteiger partial charge on any atom is -0.340 e. The highest BCUT2D eigenvalue weighted by Gasteiger charge is 2.20. The maximum atomic E-state index is 4.44. The number of nitrogens with one attached hydrogen (secondary N) is 1. The molecule has 0 radical (unpaired) electrons. The molecule has 1 N–H and O–H groups in total. The zero-order valence-electron chi connectivity index (χ0n) is 11.0. The van der Waals surface area contributed by atoms with Crippen molar-refractivity contribution in [2.75, 3.05) is 0 Å². The van der Waals surface area contributed by atoms with Crippen molar-refractivity contribution in [3.8, 4) is 11.3 Å². The van der Waals surface area contributed by atoms with Crippen LogP contribution in [0.5, 0.6) is 0 Å². The molecule has 2 aromatic rings. The summed E-state index contributed by atoms with van der Waals surface area (Å²) in [5.74, 6) is 0. The van der Waals surface area contributed by atoms with E-state index < -0.39 is 0 Å². The predicted octanol–water partition coefficient (Wildman–Crippen LogP) is 2.65. The highest BCUT2D eigenvalue weighted by atomic mass is 15.0. The van der Waals surface area contributed by atoms with Crippen LogP contribution < -0.4 is 5.32 Å². The molecule has 1 heterocycles. The van der Waals surface area contributed by atoms with Gasteiger partial charge in [-0.3, -0.25) is 0 Å². The fourth-order valence-electron chi connectivity index (χ4n) is 2.16. The summed E-state index contributed by atoms with van der Waals surface area (Å²) in [7, 11) is 2.00. The highest BCUT2D eigenvalue weighted by molar-refractivity contribution is 5.63. The maximum Gasteiger partial charge on any atom is 0.0951 e. The Balaban J connectivity index is 1.85. The van der Waals surface area contributed by atoms with Gasteiger partial charge in [0.2, 0.25) is 0 Å². The Morgan fingerprint density at radius 1 is 1.39 bits per heavy atom. The summed E-state index contributed by atoms with van der Waals surface area (Å²) in [4.78, 5) is 4.44. The molecule has 0 aliphatic heterocycles. The molecule has 1 aliphatic rings. The molecule has 1 fully saturated rings. The van der Waals surface area contributed by atoms with Crippen LogP contribution in [0.4, 0.5) is 0 Å².